The summed E-state index contributed by atoms with van der Waals surface area (Å²) in [6, 6.07) is 5.45. The van der Waals surface area contributed by atoms with Crippen molar-refractivity contribution >= 4 is 17.7 Å². The van der Waals surface area contributed by atoms with Crippen molar-refractivity contribution in [3.63, 3.8) is 0 Å². The highest BCUT2D eigenvalue weighted by Gasteiger charge is 2.34. The fourth-order valence-corrected chi connectivity index (χ4v) is 3.13. The molecule has 0 saturated heterocycles. The van der Waals surface area contributed by atoms with Gasteiger partial charge in [0.2, 0.25) is 5.91 Å². The normalized spacial score (nSPS) is 21.7. The summed E-state index contributed by atoms with van der Waals surface area (Å²) in [6.45, 7) is 2.51. The molecule has 0 unspecified atom stereocenters. The highest BCUT2D eigenvalue weighted by molar-refractivity contribution is 5.83. The molecule has 1 aromatic heterocycles. The van der Waals surface area contributed by atoms with Crippen LogP contribution in [0.3, 0.4) is 0 Å². The Morgan fingerprint density at radius 3 is 2.93 bits per heavy atom. The number of carbonyl (C=O) groups excluding carboxylic acids is 2. The van der Waals surface area contributed by atoms with Crippen LogP contribution in [0.25, 0.3) is 0 Å². The molecule has 0 bridgehead atoms. The molecule has 0 radical (unpaired) electrons. The zero-order valence-corrected chi connectivity index (χ0v) is 15.7. The monoisotopic (exact) mass is 374 g/mol. The second-order valence-electron chi connectivity index (χ2n) is 6.51. The van der Waals surface area contributed by atoms with Gasteiger partial charge in [0.1, 0.15) is 12.4 Å². The molecular formula is C19H26N4O4. The van der Waals surface area contributed by atoms with E-state index in [0.717, 1.165) is 12.8 Å². The molecule has 1 saturated carbocycles. The first-order chi connectivity index (χ1) is 13.1. The molecule has 0 aliphatic heterocycles. The lowest BCUT2D eigenvalue weighted by Gasteiger charge is -2.36. The first-order valence-electron chi connectivity index (χ1n) is 9.16. The number of esters is 1. The highest BCUT2D eigenvalue weighted by Crippen LogP contribution is 2.29. The summed E-state index contributed by atoms with van der Waals surface area (Å²) in [6.07, 6.45) is 4.28. The minimum Gasteiger partial charge on any atom is -0.468 e. The van der Waals surface area contributed by atoms with Gasteiger partial charge in [0.25, 0.3) is 0 Å². The molecule has 8 nitrogen and oxygen atoms in total. The average Bonchev–Trinajstić information content (AvgIpc) is 2.71. The Balaban J connectivity index is 1.99. The second kappa shape index (κ2) is 10.5. The summed E-state index contributed by atoms with van der Waals surface area (Å²) in [5.74, 6) is -0.222. The standard InChI is InChI=1S/C19H26N4O4/c1-3-8-27-16-10-14(19(25)22-12-18(24)26-2)4-5-15(16)23-17-9-13(11-20)6-7-21-17/h6-7,9,14-16H,3-5,8,10,12H2,1-2H3,(H,21,23)(H,22,25)/t14-,15+,16+/m0/s1. The molecule has 1 amide bonds. The minimum absolute atomic E-state index is 0.00245. The van der Waals surface area contributed by atoms with Crippen LogP contribution in [-0.4, -0.2) is 49.3 Å². The number of anilines is 1. The van der Waals surface area contributed by atoms with Crippen molar-refractivity contribution in [3.05, 3.63) is 23.9 Å². The summed E-state index contributed by atoms with van der Waals surface area (Å²) in [5, 5.41) is 15.0. The Hall–Kier alpha value is -2.66. The molecule has 1 aliphatic rings. The minimum atomic E-state index is -0.471. The van der Waals surface area contributed by atoms with E-state index in [1.807, 2.05) is 6.92 Å². The van der Waals surface area contributed by atoms with Gasteiger partial charge in [-0.25, -0.2) is 4.98 Å². The molecule has 0 spiro atoms. The van der Waals surface area contributed by atoms with Crippen LogP contribution in [0.2, 0.25) is 0 Å². The van der Waals surface area contributed by atoms with Crippen LogP contribution in [0.15, 0.2) is 18.3 Å². The first-order valence-corrected chi connectivity index (χ1v) is 9.16. The fraction of sp³-hybridized carbons (Fsp3) is 0.579. The highest BCUT2D eigenvalue weighted by atomic mass is 16.5. The first kappa shape index (κ1) is 20.6. The second-order valence-corrected chi connectivity index (χ2v) is 6.51. The third-order valence-electron chi connectivity index (χ3n) is 4.56. The van der Waals surface area contributed by atoms with Gasteiger partial charge in [0.05, 0.1) is 30.9 Å². The number of rotatable bonds is 8. The van der Waals surface area contributed by atoms with Crippen LogP contribution in [-0.2, 0) is 19.1 Å². The average molecular weight is 374 g/mol. The third kappa shape index (κ3) is 6.22. The maximum atomic E-state index is 12.3. The number of hydrogen-bond donors (Lipinski definition) is 2. The molecular weight excluding hydrogens is 348 g/mol. The molecule has 2 rings (SSSR count). The van der Waals surface area contributed by atoms with E-state index in [9.17, 15) is 9.59 Å². The van der Waals surface area contributed by atoms with Crippen LogP contribution < -0.4 is 10.6 Å². The van der Waals surface area contributed by atoms with Crippen molar-refractivity contribution in [1.29, 1.82) is 5.26 Å². The van der Waals surface area contributed by atoms with E-state index in [-0.39, 0.29) is 30.5 Å². The zero-order chi connectivity index (χ0) is 19.6. The lowest BCUT2D eigenvalue weighted by atomic mass is 9.83. The molecule has 1 fully saturated rings. The summed E-state index contributed by atoms with van der Waals surface area (Å²) in [5.41, 5.74) is 0.536. The van der Waals surface area contributed by atoms with Gasteiger partial charge in [0, 0.05) is 18.7 Å². The molecule has 1 heterocycles. The molecule has 0 aromatic carbocycles. The lowest BCUT2D eigenvalue weighted by molar-refractivity contribution is -0.142. The van der Waals surface area contributed by atoms with Crippen LogP contribution in [0.1, 0.15) is 38.2 Å². The number of aromatic nitrogens is 1. The number of carbonyl (C=O) groups is 2. The molecule has 2 N–H and O–H groups in total. The van der Waals surface area contributed by atoms with Crippen LogP contribution >= 0.6 is 0 Å². The third-order valence-corrected chi connectivity index (χ3v) is 4.56. The van der Waals surface area contributed by atoms with Crippen molar-refractivity contribution in [2.45, 2.75) is 44.8 Å². The number of pyridine rings is 1. The Morgan fingerprint density at radius 2 is 2.22 bits per heavy atom. The van der Waals surface area contributed by atoms with Crippen LogP contribution in [0.4, 0.5) is 5.82 Å². The summed E-state index contributed by atoms with van der Waals surface area (Å²) in [7, 11) is 1.29. The number of nitrogens with zero attached hydrogens (tertiary/aromatic N) is 2. The van der Waals surface area contributed by atoms with Gasteiger partial charge < -0.3 is 20.1 Å². The Bertz CT molecular complexity index is 689. The smallest absolute Gasteiger partial charge is 0.325 e. The van der Waals surface area contributed by atoms with Gasteiger partial charge >= 0.3 is 5.97 Å². The quantitative estimate of drug-likeness (QED) is 0.665. The van der Waals surface area contributed by atoms with Crippen molar-refractivity contribution in [2.24, 2.45) is 5.92 Å². The number of nitrogens with one attached hydrogen (secondary N) is 2. The maximum absolute atomic E-state index is 12.3. The molecule has 1 aliphatic carbocycles. The predicted molar refractivity (Wildman–Crippen MR) is 98.8 cm³/mol. The largest absolute Gasteiger partial charge is 0.468 e. The van der Waals surface area contributed by atoms with E-state index in [1.165, 1.54) is 7.11 Å². The van der Waals surface area contributed by atoms with Crippen molar-refractivity contribution in [2.75, 3.05) is 25.6 Å². The van der Waals surface area contributed by atoms with Gasteiger partial charge in [-0.05, 0) is 37.8 Å². The summed E-state index contributed by atoms with van der Waals surface area (Å²) in [4.78, 5) is 27.8. The topological polar surface area (TPSA) is 113 Å². The van der Waals surface area contributed by atoms with Crippen LogP contribution in [0.5, 0.6) is 0 Å². The Labute approximate surface area is 159 Å². The number of hydrogen-bond acceptors (Lipinski definition) is 7. The van der Waals surface area contributed by atoms with Crippen LogP contribution in [0, 0.1) is 17.2 Å². The van der Waals surface area contributed by atoms with E-state index in [0.29, 0.717) is 30.8 Å². The van der Waals surface area contributed by atoms with Gasteiger partial charge in [0.15, 0.2) is 0 Å². The van der Waals surface area contributed by atoms with E-state index in [2.05, 4.69) is 26.4 Å². The number of amides is 1. The number of methoxy groups -OCH3 is 1. The lowest BCUT2D eigenvalue weighted by Crippen LogP contribution is -2.46. The maximum Gasteiger partial charge on any atom is 0.325 e. The number of nitriles is 1. The molecule has 27 heavy (non-hydrogen) atoms. The van der Waals surface area contributed by atoms with Gasteiger partial charge in [-0.1, -0.05) is 6.92 Å². The van der Waals surface area contributed by atoms with Crippen molar-refractivity contribution < 1.29 is 19.1 Å². The summed E-state index contributed by atoms with van der Waals surface area (Å²) < 4.78 is 10.5. The summed E-state index contributed by atoms with van der Waals surface area (Å²) >= 11 is 0. The number of ether oxygens (including phenoxy) is 2. The Kier molecular flexibility index (Phi) is 8.01. The van der Waals surface area contributed by atoms with E-state index >= 15 is 0 Å². The molecule has 8 heteroatoms. The fourth-order valence-electron chi connectivity index (χ4n) is 3.13. The van der Waals surface area contributed by atoms with E-state index in [4.69, 9.17) is 10.00 Å². The zero-order valence-electron chi connectivity index (χ0n) is 15.7. The van der Waals surface area contributed by atoms with Gasteiger partial charge in [-0.2, -0.15) is 5.26 Å². The van der Waals surface area contributed by atoms with Crippen molar-refractivity contribution in [1.82, 2.24) is 10.3 Å². The van der Waals surface area contributed by atoms with Gasteiger partial charge in [-0.3, -0.25) is 9.59 Å². The molecule has 3 atom stereocenters. The van der Waals surface area contributed by atoms with Crippen molar-refractivity contribution in [3.8, 4) is 6.07 Å². The SMILES string of the molecule is CCCO[C@@H]1C[C@@H](C(=O)NCC(=O)OC)CC[C@H]1Nc1cc(C#N)ccn1. The molecule has 146 valence electrons. The van der Waals surface area contributed by atoms with Gasteiger partial charge in [-0.15, -0.1) is 0 Å². The molecule has 1 aromatic rings. The predicted octanol–water partition coefficient (Wildman–Crippen LogP) is 1.62. The van der Waals surface area contributed by atoms with E-state index < -0.39 is 5.97 Å². The Morgan fingerprint density at radius 1 is 1.41 bits per heavy atom. The van der Waals surface area contributed by atoms with E-state index in [1.54, 1.807) is 18.3 Å².